The van der Waals surface area contributed by atoms with Crippen molar-refractivity contribution in [2.45, 2.75) is 44.6 Å². The number of hydrogen-bond acceptors (Lipinski definition) is 7. The first-order chi connectivity index (χ1) is 16.8. The van der Waals surface area contributed by atoms with E-state index >= 15 is 0 Å². The molecule has 0 unspecified atom stereocenters. The van der Waals surface area contributed by atoms with Gasteiger partial charge in [0.05, 0.1) is 29.0 Å². The Morgan fingerprint density at radius 3 is 2.43 bits per heavy atom. The zero-order chi connectivity index (χ0) is 24.9. The second kappa shape index (κ2) is 8.41. The van der Waals surface area contributed by atoms with Crippen molar-refractivity contribution in [1.29, 1.82) is 0 Å². The third kappa shape index (κ3) is 3.62. The van der Waals surface area contributed by atoms with Crippen LogP contribution in [-0.4, -0.2) is 39.0 Å². The lowest BCUT2D eigenvalue weighted by Crippen LogP contribution is -2.38. The van der Waals surface area contributed by atoms with Crippen LogP contribution < -0.4 is 11.1 Å². The van der Waals surface area contributed by atoms with Gasteiger partial charge in [0.15, 0.2) is 11.6 Å². The maximum Gasteiger partial charge on any atom is 0.198 e. The molecule has 2 aromatic rings. The molecule has 2 aromatic carbocycles. The molecule has 0 saturated heterocycles. The van der Waals surface area contributed by atoms with Crippen LogP contribution in [-0.2, 0) is 6.54 Å². The Bertz CT molecular complexity index is 1430. The van der Waals surface area contributed by atoms with E-state index in [1.165, 1.54) is 12.1 Å². The van der Waals surface area contributed by atoms with E-state index in [-0.39, 0.29) is 40.0 Å². The molecule has 176 valence electrons. The van der Waals surface area contributed by atoms with E-state index in [9.17, 15) is 24.9 Å². The average Bonchev–Trinajstić information content (AvgIpc) is 3.65. The van der Waals surface area contributed by atoms with Crippen LogP contribution in [0.5, 0.6) is 5.75 Å². The van der Waals surface area contributed by atoms with E-state index in [4.69, 9.17) is 5.73 Å². The summed E-state index contributed by atoms with van der Waals surface area (Å²) in [5.41, 5.74) is 6.34. The van der Waals surface area contributed by atoms with Gasteiger partial charge in [-0.3, -0.25) is 9.59 Å². The van der Waals surface area contributed by atoms with Gasteiger partial charge in [0.1, 0.15) is 11.9 Å². The number of benzene rings is 2. The van der Waals surface area contributed by atoms with Crippen LogP contribution in [0.1, 0.15) is 68.8 Å². The number of carbonyl (C=O) groups is 2. The zero-order valence-electron chi connectivity index (χ0n) is 19.1. The van der Waals surface area contributed by atoms with Gasteiger partial charge >= 0.3 is 0 Å². The van der Waals surface area contributed by atoms with Crippen molar-refractivity contribution in [3.63, 3.8) is 0 Å². The Morgan fingerprint density at radius 1 is 1.09 bits per heavy atom. The molecule has 3 atom stereocenters. The number of phenolic OH excluding ortho intramolecular Hbond substituents is 1. The topological polar surface area (TPSA) is 133 Å². The zero-order valence-corrected chi connectivity index (χ0v) is 19.1. The number of hydrogen-bond donors (Lipinski definition) is 5. The van der Waals surface area contributed by atoms with Crippen LogP contribution in [0.2, 0.25) is 0 Å². The second-order valence-electron chi connectivity index (χ2n) is 9.15. The van der Waals surface area contributed by atoms with Gasteiger partial charge in [-0.05, 0) is 55.7 Å². The number of fused-ring (bicyclic) bond motifs is 4. The number of aromatic hydroxyl groups is 1. The van der Waals surface area contributed by atoms with Crippen LogP contribution in [0, 0.1) is 29.1 Å². The first-order valence-corrected chi connectivity index (χ1v) is 11.4. The molecule has 0 aromatic heterocycles. The Kier molecular flexibility index (Phi) is 5.50. The minimum Gasteiger partial charge on any atom is -0.507 e. The fourth-order valence-electron chi connectivity index (χ4n) is 4.87. The lowest BCUT2D eigenvalue weighted by Gasteiger charge is -2.31. The normalized spacial score (nSPS) is 23.0. The van der Waals surface area contributed by atoms with Crippen molar-refractivity contribution in [3.8, 4) is 29.4 Å². The fraction of sp³-hybridized carbons (Fsp3) is 0.286. The molecule has 1 fully saturated rings. The van der Waals surface area contributed by atoms with Gasteiger partial charge in [-0.1, -0.05) is 29.7 Å². The molecule has 7 nitrogen and oxygen atoms in total. The van der Waals surface area contributed by atoms with Gasteiger partial charge < -0.3 is 26.4 Å². The predicted octanol–water partition coefficient (Wildman–Crippen LogP) is 2.18. The summed E-state index contributed by atoms with van der Waals surface area (Å²) in [6, 6.07) is 5.47. The average molecular weight is 469 g/mol. The van der Waals surface area contributed by atoms with Crippen molar-refractivity contribution in [3.05, 3.63) is 69.8 Å². The van der Waals surface area contributed by atoms with Crippen LogP contribution in [0.3, 0.4) is 0 Å². The number of aliphatic hydroxyl groups excluding tert-OH is 2. The largest absolute Gasteiger partial charge is 0.507 e. The Labute approximate surface area is 202 Å². The molecule has 1 saturated carbocycles. The van der Waals surface area contributed by atoms with Gasteiger partial charge in [0, 0.05) is 28.7 Å². The van der Waals surface area contributed by atoms with E-state index in [1.54, 1.807) is 31.2 Å². The minimum absolute atomic E-state index is 0.0424. The molecule has 7 heteroatoms. The summed E-state index contributed by atoms with van der Waals surface area (Å²) in [6.45, 7) is 1.89. The number of nitrogens with two attached hydrogens (primary N) is 1. The molecule has 1 aliphatic heterocycles. The van der Waals surface area contributed by atoms with Crippen LogP contribution >= 0.6 is 0 Å². The van der Waals surface area contributed by atoms with E-state index < -0.39 is 41.0 Å². The Balaban J connectivity index is 1.76. The number of allylic oxidation sites excluding steroid dienone is 2. The molecule has 0 bridgehead atoms. The van der Waals surface area contributed by atoms with Crippen molar-refractivity contribution in [1.82, 2.24) is 0 Å². The van der Waals surface area contributed by atoms with E-state index in [2.05, 4.69) is 29.0 Å². The molecule has 35 heavy (non-hydrogen) atoms. The molecule has 1 heterocycles. The number of nitrogens with one attached hydrogen (secondary N) is 1. The molecule has 6 N–H and O–H groups in total. The fourth-order valence-corrected chi connectivity index (χ4v) is 4.87. The van der Waals surface area contributed by atoms with Crippen molar-refractivity contribution in [2.24, 2.45) is 11.1 Å². The molecular formula is C28H24N2O5. The number of aliphatic hydroxyl groups is 2. The van der Waals surface area contributed by atoms with Crippen molar-refractivity contribution < 1.29 is 24.9 Å². The number of phenols is 1. The predicted molar refractivity (Wildman–Crippen MR) is 130 cm³/mol. The van der Waals surface area contributed by atoms with Crippen molar-refractivity contribution >= 4 is 17.3 Å². The van der Waals surface area contributed by atoms with Crippen LogP contribution in [0.4, 0.5) is 5.69 Å². The highest BCUT2D eigenvalue weighted by Gasteiger charge is 2.53. The Hall–Kier alpha value is -3.88. The highest BCUT2D eigenvalue weighted by Crippen LogP contribution is 2.53. The third-order valence-electron chi connectivity index (χ3n) is 7.12. The van der Waals surface area contributed by atoms with E-state index in [1.807, 2.05) is 0 Å². The number of ketones is 2. The summed E-state index contributed by atoms with van der Waals surface area (Å²) in [7, 11) is 0. The lowest BCUT2D eigenvalue weighted by atomic mass is 9.80. The summed E-state index contributed by atoms with van der Waals surface area (Å²) >= 11 is 0. The highest BCUT2D eigenvalue weighted by atomic mass is 16.3. The molecule has 3 aliphatic rings. The van der Waals surface area contributed by atoms with Gasteiger partial charge in [0.25, 0.3) is 0 Å². The SMILES string of the molecule is C[C@@H](O)C1([C@@H]2C#C/C=C\C#C[C@@H](O)c3cc(O)c4c(c3N2)C(=O)c2ccc(CN)cc2C4=O)CC1. The van der Waals surface area contributed by atoms with E-state index in [0.717, 1.165) is 0 Å². The first-order valence-electron chi connectivity index (χ1n) is 11.4. The quantitative estimate of drug-likeness (QED) is 0.294. The summed E-state index contributed by atoms with van der Waals surface area (Å²) in [4.78, 5) is 27.3. The summed E-state index contributed by atoms with van der Waals surface area (Å²) in [5, 5.41) is 35.5. The van der Waals surface area contributed by atoms with Gasteiger partial charge in [0.2, 0.25) is 0 Å². The van der Waals surface area contributed by atoms with Gasteiger partial charge in [-0.15, -0.1) is 0 Å². The number of rotatable bonds is 3. The van der Waals surface area contributed by atoms with Crippen LogP contribution in [0.25, 0.3) is 0 Å². The monoisotopic (exact) mass is 468 g/mol. The number of carbonyl (C=O) groups excluding carboxylic acids is 2. The Morgan fingerprint density at radius 2 is 1.77 bits per heavy atom. The molecule has 0 radical (unpaired) electrons. The second-order valence-corrected chi connectivity index (χ2v) is 9.15. The standard InChI is InChI=1S/C28H24N2O5/c1-15(31)28(10-11-28)22-7-5-3-2-4-6-20(32)19-13-21(33)23-24(25(19)30-22)26(34)17-9-8-16(14-29)12-18(17)27(23)35/h2-3,8-9,12-13,15,20,22,30-33H,10-11,14,29H2,1H3/b3-2-/t15-,20-,22+/m1/s1. The maximum atomic E-state index is 13.8. The summed E-state index contributed by atoms with van der Waals surface area (Å²) in [5.74, 6) is 9.99. The first kappa shape index (κ1) is 22.9. The summed E-state index contributed by atoms with van der Waals surface area (Å²) < 4.78 is 0. The minimum atomic E-state index is -1.36. The third-order valence-corrected chi connectivity index (χ3v) is 7.12. The molecule has 0 amide bonds. The maximum absolute atomic E-state index is 13.8. The molecule has 5 rings (SSSR count). The molecule has 0 spiro atoms. The molecular weight excluding hydrogens is 444 g/mol. The molecule has 2 aliphatic carbocycles. The van der Waals surface area contributed by atoms with Gasteiger partial charge in [-0.2, -0.15) is 0 Å². The van der Waals surface area contributed by atoms with Crippen LogP contribution in [0.15, 0.2) is 36.4 Å². The highest BCUT2D eigenvalue weighted by molar-refractivity contribution is 6.31. The lowest BCUT2D eigenvalue weighted by molar-refractivity contribution is 0.0976. The summed E-state index contributed by atoms with van der Waals surface area (Å²) in [6.07, 6.45) is 2.43. The smallest absolute Gasteiger partial charge is 0.198 e. The number of anilines is 1. The van der Waals surface area contributed by atoms with E-state index in [0.29, 0.717) is 18.4 Å². The van der Waals surface area contributed by atoms with Crippen molar-refractivity contribution in [2.75, 3.05) is 5.32 Å². The van der Waals surface area contributed by atoms with Gasteiger partial charge in [-0.25, -0.2) is 0 Å².